The molecule has 2 N–H and O–H groups in total. The Balaban J connectivity index is 1.72. The van der Waals surface area contributed by atoms with E-state index in [1.165, 1.54) is 12.1 Å². The summed E-state index contributed by atoms with van der Waals surface area (Å²) >= 11 is 0. The van der Waals surface area contributed by atoms with Gasteiger partial charge in [-0.2, -0.15) is 13.2 Å². The van der Waals surface area contributed by atoms with Gasteiger partial charge in [0, 0.05) is 50.6 Å². The molecule has 0 amide bonds. The third kappa shape index (κ3) is 4.44. The van der Waals surface area contributed by atoms with Crippen LogP contribution in [0, 0.1) is 0 Å². The molecule has 2 aromatic rings. The number of nitrogens with one attached hydrogen (secondary N) is 2. The number of alkyl halides is 3. The first kappa shape index (κ1) is 20.7. The third-order valence-electron chi connectivity index (χ3n) is 5.44. The summed E-state index contributed by atoms with van der Waals surface area (Å²) in [5, 5.41) is 6.76. The molecule has 2 aliphatic rings. The number of rotatable bonds is 4. The van der Waals surface area contributed by atoms with Gasteiger partial charge >= 0.3 is 6.18 Å². The molecule has 0 aromatic heterocycles. The van der Waals surface area contributed by atoms with Crippen molar-refractivity contribution in [2.45, 2.75) is 25.1 Å². The smallest absolute Gasteiger partial charge is 0.385 e. The second kappa shape index (κ2) is 8.65. The average Bonchev–Trinajstić information content (AvgIpc) is 2.90. The fourth-order valence-electron chi connectivity index (χ4n) is 3.94. The monoisotopic (exact) mass is 418 g/mol. The van der Waals surface area contributed by atoms with Crippen LogP contribution in [0.1, 0.15) is 24.0 Å². The van der Waals surface area contributed by atoms with Gasteiger partial charge in [0.2, 0.25) is 0 Å². The van der Waals surface area contributed by atoms with Crippen molar-refractivity contribution in [1.29, 1.82) is 0 Å². The van der Waals surface area contributed by atoms with Gasteiger partial charge < -0.3 is 20.3 Å². The quantitative estimate of drug-likeness (QED) is 0.716. The fraction of sp³-hybridized carbons (Fsp3) is 0.409. The van der Waals surface area contributed by atoms with Crippen molar-refractivity contribution >= 4 is 22.9 Å². The number of benzene rings is 2. The van der Waals surface area contributed by atoms with E-state index in [0.717, 1.165) is 31.1 Å². The van der Waals surface area contributed by atoms with Gasteiger partial charge in [0.05, 0.1) is 16.9 Å². The lowest BCUT2D eigenvalue weighted by Crippen LogP contribution is -2.52. The lowest BCUT2D eigenvalue weighted by Gasteiger charge is -2.36. The van der Waals surface area contributed by atoms with Crippen LogP contribution in [0.15, 0.2) is 47.5 Å². The Morgan fingerprint density at radius 1 is 1.17 bits per heavy atom. The molecule has 0 aliphatic carbocycles. The van der Waals surface area contributed by atoms with E-state index in [1.807, 2.05) is 24.3 Å². The molecule has 2 aliphatic heterocycles. The highest BCUT2D eigenvalue weighted by molar-refractivity contribution is 6.08. The molecule has 1 saturated heterocycles. The molecule has 5 nitrogen and oxygen atoms in total. The first-order valence-corrected chi connectivity index (χ1v) is 10.1. The molecule has 0 bridgehead atoms. The Labute approximate surface area is 173 Å². The predicted octanol–water partition coefficient (Wildman–Crippen LogP) is 4.54. The summed E-state index contributed by atoms with van der Waals surface area (Å²) in [5.41, 5.74) is 1.92. The van der Waals surface area contributed by atoms with Crippen LogP contribution < -0.4 is 10.6 Å². The summed E-state index contributed by atoms with van der Waals surface area (Å²) in [6, 6.07) is 11.6. The maximum absolute atomic E-state index is 13.4. The van der Waals surface area contributed by atoms with Crippen LogP contribution in [0.25, 0.3) is 0 Å². The number of nitrogens with zero attached hydrogens (tertiary/aromatic N) is 2. The summed E-state index contributed by atoms with van der Waals surface area (Å²) in [5.74, 6) is 0.576. The SMILES string of the molecule is COCCCC1CN(C2=Nc3ccccc3Nc3ccc(C(F)(F)F)cc32)CCN1. The van der Waals surface area contributed by atoms with E-state index in [9.17, 15) is 13.2 Å². The van der Waals surface area contributed by atoms with Crippen LogP contribution in [0.3, 0.4) is 0 Å². The lowest BCUT2D eigenvalue weighted by atomic mass is 10.0. The Kier molecular flexibility index (Phi) is 5.97. The van der Waals surface area contributed by atoms with Crippen LogP contribution in [0.2, 0.25) is 0 Å². The Bertz CT molecular complexity index is 929. The van der Waals surface area contributed by atoms with E-state index in [4.69, 9.17) is 9.73 Å². The Hall–Kier alpha value is -2.58. The van der Waals surface area contributed by atoms with Crippen molar-refractivity contribution in [2.75, 3.05) is 38.7 Å². The molecule has 2 aromatic carbocycles. The van der Waals surface area contributed by atoms with Crippen molar-refractivity contribution in [3.8, 4) is 0 Å². The normalized spacial score (nSPS) is 18.7. The molecule has 1 unspecified atom stereocenters. The summed E-state index contributed by atoms with van der Waals surface area (Å²) in [6.07, 6.45) is -2.55. The van der Waals surface area contributed by atoms with E-state index >= 15 is 0 Å². The number of piperazine rings is 1. The van der Waals surface area contributed by atoms with E-state index in [-0.39, 0.29) is 6.04 Å². The summed E-state index contributed by atoms with van der Waals surface area (Å²) in [4.78, 5) is 6.91. The van der Waals surface area contributed by atoms with Crippen LogP contribution in [0.4, 0.5) is 30.2 Å². The molecule has 2 heterocycles. The Morgan fingerprint density at radius 3 is 2.80 bits per heavy atom. The second-order valence-corrected chi connectivity index (χ2v) is 7.57. The molecule has 0 saturated carbocycles. The molecule has 1 fully saturated rings. The minimum Gasteiger partial charge on any atom is -0.385 e. The summed E-state index contributed by atoms with van der Waals surface area (Å²) in [6.45, 7) is 2.80. The van der Waals surface area contributed by atoms with Crippen LogP contribution in [-0.4, -0.2) is 50.1 Å². The van der Waals surface area contributed by atoms with E-state index in [2.05, 4.69) is 15.5 Å². The number of hydrogen-bond donors (Lipinski definition) is 2. The number of aliphatic imine (C=N–C) groups is 1. The van der Waals surface area contributed by atoms with Crippen molar-refractivity contribution in [2.24, 2.45) is 4.99 Å². The zero-order valence-electron chi connectivity index (χ0n) is 16.8. The van der Waals surface area contributed by atoms with Crippen molar-refractivity contribution < 1.29 is 17.9 Å². The number of amidine groups is 1. The largest absolute Gasteiger partial charge is 0.416 e. The minimum absolute atomic E-state index is 0.234. The molecule has 8 heteroatoms. The zero-order valence-corrected chi connectivity index (χ0v) is 16.8. The topological polar surface area (TPSA) is 48.9 Å². The Morgan fingerprint density at radius 2 is 2.00 bits per heavy atom. The minimum atomic E-state index is -4.41. The average molecular weight is 418 g/mol. The molecule has 0 radical (unpaired) electrons. The van der Waals surface area contributed by atoms with Gasteiger partial charge in [0.1, 0.15) is 5.84 Å². The number of para-hydroxylation sites is 2. The number of fused-ring (bicyclic) bond motifs is 2. The summed E-state index contributed by atoms with van der Waals surface area (Å²) < 4.78 is 45.4. The van der Waals surface area contributed by atoms with Gasteiger partial charge in [0.25, 0.3) is 0 Å². The highest BCUT2D eigenvalue weighted by atomic mass is 19.4. The van der Waals surface area contributed by atoms with Crippen LogP contribution >= 0.6 is 0 Å². The van der Waals surface area contributed by atoms with Crippen LogP contribution in [0.5, 0.6) is 0 Å². The molecular formula is C22H25F3N4O. The van der Waals surface area contributed by atoms with Gasteiger partial charge in [-0.05, 0) is 43.2 Å². The van der Waals surface area contributed by atoms with Gasteiger partial charge in [-0.15, -0.1) is 0 Å². The van der Waals surface area contributed by atoms with Crippen molar-refractivity contribution in [3.05, 3.63) is 53.6 Å². The van der Waals surface area contributed by atoms with E-state index in [1.54, 1.807) is 7.11 Å². The maximum Gasteiger partial charge on any atom is 0.416 e. The van der Waals surface area contributed by atoms with Crippen molar-refractivity contribution in [3.63, 3.8) is 0 Å². The number of anilines is 2. The standard InChI is InChI=1S/C22H25F3N4O/c1-30-12-4-5-16-14-29(11-10-26-16)21-17-13-15(22(23,24)25)8-9-18(17)27-19-6-2-3-7-20(19)28-21/h2-3,6-9,13,16,26-27H,4-5,10-12,14H2,1H3. The molecule has 1 atom stereocenters. The molecular weight excluding hydrogens is 393 g/mol. The summed E-state index contributed by atoms with van der Waals surface area (Å²) in [7, 11) is 1.68. The fourth-order valence-corrected chi connectivity index (χ4v) is 3.94. The van der Waals surface area contributed by atoms with E-state index in [0.29, 0.717) is 42.5 Å². The van der Waals surface area contributed by atoms with Gasteiger partial charge in [0.15, 0.2) is 0 Å². The van der Waals surface area contributed by atoms with Gasteiger partial charge in [-0.25, -0.2) is 4.99 Å². The number of ether oxygens (including phenoxy) is 1. The second-order valence-electron chi connectivity index (χ2n) is 7.57. The van der Waals surface area contributed by atoms with Gasteiger partial charge in [-0.3, -0.25) is 0 Å². The number of methoxy groups -OCH3 is 1. The zero-order chi connectivity index (χ0) is 21.1. The third-order valence-corrected chi connectivity index (χ3v) is 5.44. The predicted molar refractivity (Wildman–Crippen MR) is 112 cm³/mol. The molecule has 0 spiro atoms. The van der Waals surface area contributed by atoms with E-state index < -0.39 is 11.7 Å². The van der Waals surface area contributed by atoms with Crippen molar-refractivity contribution in [1.82, 2.24) is 10.2 Å². The van der Waals surface area contributed by atoms with Crippen LogP contribution in [-0.2, 0) is 10.9 Å². The molecule has 30 heavy (non-hydrogen) atoms. The molecule has 160 valence electrons. The molecule has 4 rings (SSSR count). The highest BCUT2D eigenvalue weighted by Crippen LogP contribution is 2.38. The first-order valence-electron chi connectivity index (χ1n) is 10.1. The number of halogens is 3. The first-order chi connectivity index (χ1) is 14.5. The lowest BCUT2D eigenvalue weighted by molar-refractivity contribution is -0.137. The maximum atomic E-state index is 13.4. The highest BCUT2D eigenvalue weighted by Gasteiger charge is 2.33. The van der Waals surface area contributed by atoms with Gasteiger partial charge in [-0.1, -0.05) is 12.1 Å². The number of hydrogen-bond acceptors (Lipinski definition) is 5.